The summed E-state index contributed by atoms with van der Waals surface area (Å²) in [7, 11) is 4.00. The van der Waals surface area contributed by atoms with Crippen molar-refractivity contribution in [2.24, 2.45) is 7.05 Å². The van der Waals surface area contributed by atoms with Crippen LogP contribution in [0.4, 0.5) is 5.88 Å². The molecule has 0 saturated carbocycles. The summed E-state index contributed by atoms with van der Waals surface area (Å²) in [5, 5.41) is 0.822. The summed E-state index contributed by atoms with van der Waals surface area (Å²) in [6.45, 7) is -0.153. The lowest BCUT2D eigenvalue weighted by Gasteiger charge is -2.24. The molecule has 1 aliphatic heterocycles. The van der Waals surface area contributed by atoms with Gasteiger partial charge in [0.2, 0.25) is 5.71 Å². The molecule has 0 saturated heterocycles. The number of nitrogens with zero attached hydrogens (tertiary/aromatic N) is 3. The third kappa shape index (κ3) is 2.15. The van der Waals surface area contributed by atoms with Gasteiger partial charge in [0.05, 0.1) is 0 Å². The lowest BCUT2D eigenvalue weighted by Crippen LogP contribution is -2.60. The summed E-state index contributed by atoms with van der Waals surface area (Å²) in [5.41, 5.74) is 3.67. The summed E-state index contributed by atoms with van der Waals surface area (Å²) < 4.78 is 30.7. The maximum atomic E-state index is 7.54. The molecule has 0 fully saturated rings. The van der Waals surface area contributed by atoms with E-state index in [1.165, 1.54) is 5.56 Å². The number of aromatic nitrogens is 2. The smallest absolute Gasteiger partial charge is 0.398 e. The SMILES string of the molecule is [2H]C([2H])([2H])c1ccc2c3c(oc2n1)N(C)B(c1cc(C)cc[n+]1C)C=C3. The fraction of sp³-hybridized carbons (Fsp3) is 0.222. The van der Waals surface area contributed by atoms with Crippen LogP contribution in [-0.4, -0.2) is 18.9 Å². The van der Waals surface area contributed by atoms with E-state index in [4.69, 9.17) is 8.53 Å². The molecule has 4 nitrogen and oxygen atoms in total. The Morgan fingerprint density at radius 1 is 1.35 bits per heavy atom. The van der Waals surface area contributed by atoms with E-state index in [1.54, 1.807) is 12.1 Å². The normalized spacial score (nSPS) is 16.2. The second-order valence-corrected chi connectivity index (χ2v) is 6.02. The molecule has 114 valence electrons. The van der Waals surface area contributed by atoms with Crippen LogP contribution >= 0.6 is 0 Å². The van der Waals surface area contributed by atoms with Gasteiger partial charge in [0.15, 0.2) is 17.7 Å². The number of fused-ring (bicyclic) bond motifs is 3. The Kier molecular flexibility index (Phi) is 2.39. The van der Waals surface area contributed by atoms with E-state index in [2.05, 4.69) is 39.4 Å². The fourth-order valence-electron chi connectivity index (χ4n) is 3.14. The molecule has 23 heavy (non-hydrogen) atoms. The van der Waals surface area contributed by atoms with Crippen molar-refractivity contribution in [3.05, 3.63) is 53.3 Å². The van der Waals surface area contributed by atoms with Crippen molar-refractivity contribution in [2.45, 2.75) is 13.8 Å². The van der Waals surface area contributed by atoms with Crippen molar-refractivity contribution >= 4 is 35.5 Å². The molecule has 3 aromatic rings. The van der Waals surface area contributed by atoms with Gasteiger partial charge in [0, 0.05) is 32.9 Å². The van der Waals surface area contributed by atoms with E-state index in [-0.39, 0.29) is 12.5 Å². The van der Waals surface area contributed by atoms with Crippen molar-refractivity contribution in [1.29, 1.82) is 0 Å². The molecule has 0 N–H and O–H groups in total. The molecule has 1 aliphatic rings. The van der Waals surface area contributed by atoms with Gasteiger partial charge in [-0.3, -0.25) is 0 Å². The molecular weight excluding hydrogens is 285 g/mol. The van der Waals surface area contributed by atoms with E-state index >= 15 is 0 Å². The molecule has 0 aliphatic carbocycles. The first kappa shape index (κ1) is 11.1. The van der Waals surface area contributed by atoms with Gasteiger partial charge >= 0.3 is 6.85 Å². The van der Waals surface area contributed by atoms with Crippen LogP contribution < -0.4 is 15.0 Å². The van der Waals surface area contributed by atoms with Gasteiger partial charge in [0.25, 0.3) is 0 Å². The topological polar surface area (TPSA) is 33.2 Å². The van der Waals surface area contributed by atoms with Crippen molar-refractivity contribution in [1.82, 2.24) is 4.98 Å². The minimum atomic E-state index is -2.25. The quantitative estimate of drug-likeness (QED) is 0.510. The summed E-state index contributed by atoms with van der Waals surface area (Å²) in [5.74, 6) is 2.83. The highest BCUT2D eigenvalue weighted by atomic mass is 16.4. The van der Waals surface area contributed by atoms with Crippen molar-refractivity contribution in [3.8, 4) is 0 Å². The Bertz CT molecular complexity index is 1040. The Labute approximate surface area is 140 Å². The lowest BCUT2D eigenvalue weighted by atomic mass is 9.55. The Morgan fingerprint density at radius 2 is 2.22 bits per heavy atom. The van der Waals surface area contributed by atoms with Crippen molar-refractivity contribution in [3.63, 3.8) is 0 Å². The zero-order valence-corrected chi connectivity index (χ0v) is 13.4. The average Bonchev–Trinajstić information content (AvgIpc) is 2.96. The van der Waals surface area contributed by atoms with E-state index < -0.39 is 6.85 Å². The van der Waals surface area contributed by atoms with E-state index in [0.717, 1.165) is 16.5 Å². The van der Waals surface area contributed by atoms with Crippen LogP contribution in [0.1, 0.15) is 20.9 Å². The number of pyridine rings is 2. The second-order valence-electron chi connectivity index (χ2n) is 6.02. The number of hydrogen-bond acceptors (Lipinski definition) is 3. The first-order valence-corrected chi connectivity index (χ1v) is 7.57. The van der Waals surface area contributed by atoms with E-state index in [0.29, 0.717) is 11.6 Å². The minimum absolute atomic E-state index is 0.0232. The average molecular weight is 307 g/mol. The molecule has 0 spiro atoms. The minimum Gasteiger partial charge on any atom is -0.423 e. The third-order valence-electron chi connectivity index (χ3n) is 4.40. The van der Waals surface area contributed by atoms with Gasteiger partial charge in [-0.15, -0.1) is 0 Å². The van der Waals surface area contributed by atoms with Crippen molar-refractivity contribution < 1.29 is 13.1 Å². The summed E-state index contributed by atoms with van der Waals surface area (Å²) >= 11 is 0. The number of furan rings is 1. The third-order valence-corrected chi connectivity index (χ3v) is 4.40. The monoisotopic (exact) mass is 307 g/mol. The molecule has 0 amide bonds. The van der Waals surface area contributed by atoms with Crippen molar-refractivity contribution in [2.75, 3.05) is 11.9 Å². The van der Waals surface area contributed by atoms with E-state index in [1.807, 2.05) is 26.4 Å². The zero-order chi connectivity index (χ0) is 18.6. The van der Waals surface area contributed by atoms with Crippen LogP contribution in [0.5, 0.6) is 0 Å². The highest BCUT2D eigenvalue weighted by Crippen LogP contribution is 2.35. The van der Waals surface area contributed by atoms with Gasteiger partial charge in [0.1, 0.15) is 7.05 Å². The number of hydrogen-bond donors (Lipinski definition) is 0. The Balaban J connectivity index is 1.82. The van der Waals surface area contributed by atoms with Gasteiger partial charge in [-0.25, -0.2) is 9.55 Å². The lowest BCUT2D eigenvalue weighted by molar-refractivity contribution is -0.654. The first-order valence-electron chi connectivity index (χ1n) is 9.07. The molecule has 0 bridgehead atoms. The molecular formula is C18H19BN3O+. The maximum absolute atomic E-state index is 7.54. The molecule has 0 unspecified atom stereocenters. The van der Waals surface area contributed by atoms with Crippen LogP contribution in [0.15, 0.2) is 40.9 Å². The standard InChI is InChI=1S/C18H19BN3O/c1-12-8-10-21(3)16(11-12)19-9-7-15-14-6-5-13(2)20-17(14)23-18(15)22(19)4/h5-11H,1-4H3/q+1/i2D3. The first-order chi connectivity index (χ1) is 12.3. The molecule has 4 rings (SSSR count). The number of anilines is 1. The highest BCUT2D eigenvalue weighted by molar-refractivity contribution is 6.80. The van der Waals surface area contributed by atoms with E-state index in [9.17, 15) is 0 Å². The van der Waals surface area contributed by atoms with Crippen LogP contribution in [0.3, 0.4) is 0 Å². The molecule has 4 heterocycles. The number of rotatable bonds is 1. The largest absolute Gasteiger partial charge is 0.423 e. The zero-order valence-electron chi connectivity index (χ0n) is 16.4. The summed E-state index contributed by atoms with van der Waals surface area (Å²) in [6, 6.07) is 7.55. The molecule has 5 heteroatoms. The van der Waals surface area contributed by atoms with Gasteiger partial charge in [-0.05, 0) is 38.5 Å². The van der Waals surface area contributed by atoms with Crippen LogP contribution in [0.25, 0.3) is 17.2 Å². The molecule has 0 atom stereocenters. The highest BCUT2D eigenvalue weighted by Gasteiger charge is 2.35. The molecule has 0 radical (unpaired) electrons. The predicted molar refractivity (Wildman–Crippen MR) is 93.9 cm³/mol. The van der Waals surface area contributed by atoms with Crippen LogP contribution in [-0.2, 0) is 7.05 Å². The van der Waals surface area contributed by atoms with Gasteiger partial charge in [-0.2, -0.15) is 0 Å². The fourth-order valence-corrected chi connectivity index (χ4v) is 3.14. The Morgan fingerprint density at radius 3 is 3.04 bits per heavy atom. The van der Waals surface area contributed by atoms with Crippen LogP contribution in [0, 0.1) is 13.8 Å². The predicted octanol–water partition coefficient (Wildman–Crippen LogP) is 2.17. The summed E-state index contributed by atoms with van der Waals surface area (Å²) in [4.78, 5) is 6.28. The van der Waals surface area contributed by atoms with Gasteiger partial charge in [-0.1, -0.05) is 12.1 Å². The summed E-state index contributed by atoms with van der Waals surface area (Å²) in [6.07, 6.45) is 4.08. The number of aryl methyl sites for hydroxylation is 3. The van der Waals surface area contributed by atoms with Gasteiger partial charge < -0.3 is 9.23 Å². The van der Waals surface area contributed by atoms with Crippen LogP contribution in [0.2, 0.25) is 0 Å². The second kappa shape index (κ2) is 4.98. The Hall–Kier alpha value is -2.56. The maximum Gasteiger partial charge on any atom is 0.398 e. The molecule has 3 aromatic heterocycles. The molecule has 0 aromatic carbocycles.